The number of nitriles is 1. The molecular formula is C21H23ClN4O5S2. The van der Waals surface area contributed by atoms with Gasteiger partial charge in [-0.15, -0.1) is 11.3 Å². The molecular weight excluding hydrogens is 488 g/mol. The number of amides is 1. The number of aromatic nitrogens is 1. The summed E-state index contributed by atoms with van der Waals surface area (Å²) in [7, 11) is -3.97. The van der Waals surface area contributed by atoms with Crippen LogP contribution in [0.2, 0.25) is 4.34 Å². The number of halogens is 1. The van der Waals surface area contributed by atoms with E-state index in [9.17, 15) is 23.3 Å². The monoisotopic (exact) mass is 510 g/mol. The van der Waals surface area contributed by atoms with Crippen molar-refractivity contribution >= 4 is 50.7 Å². The van der Waals surface area contributed by atoms with E-state index in [1.165, 1.54) is 18.2 Å². The fourth-order valence-electron chi connectivity index (χ4n) is 3.70. The van der Waals surface area contributed by atoms with E-state index < -0.39 is 21.9 Å². The molecule has 0 aliphatic carbocycles. The van der Waals surface area contributed by atoms with Crippen LogP contribution in [0.25, 0.3) is 0 Å². The van der Waals surface area contributed by atoms with Gasteiger partial charge in [-0.2, -0.15) is 5.26 Å². The molecule has 1 atom stereocenters. The van der Waals surface area contributed by atoms with Gasteiger partial charge in [-0.3, -0.25) is 4.79 Å². The Balaban J connectivity index is 1.71. The van der Waals surface area contributed by atoms with Crippen molar-refractivity contribution < 1.29 is 22.7 Å². The standard InChI is InChI=1S/C21H23ClN4O5S2/c1-3-31-21(28)16-10-15(11-23)20(24-13(16)2)26-8-4-5-14(12-26)9-18(27)25-33(29,30)19-7-6-17(22)32-19/h6-7,10,14H,3-5,8-9,12H2,1-2H3,(H,25,27). The number of carbonyl (C=O) groups is 2. The van der Waals surface area contributed by atoms with Gasteiger partial charge in [-0.25, -0.2) is 22.9 Å². The Morgan fingerprint density at radius 3 is 2.82 bits per heavy atom. The predicted molar refractivity (Wildman–Crippen MR) is 124 cm³/mol. The van der Waals surface area contributed by atoms with Gasteiger partial charge in [0.05, 0.1) is 27.8 Å². The number of carbonyl (C=O) groups excluding carboxylic acids is 2. The van der Waals surface area contributed by atoms with Crippen LogP contribution in [0.5, 0.6) is 0 Å². The van der Waals surface area contributed by atoms with Gasteiger partial charge in [-0.1, -0.05) is 11.6 Å². The zero-order chi connectivity index (χ0) is 24.2. The number of sulfonamides is 1. The van der Waals surface area contributed by atoms with Crippen molar-refractivity contribution in [2.24, 2.45) is 5.92 Å². The zero-order valence-corrected chi connectivity index (χ0v) is 20.5. The predicted octanol–water partition coefficient (Wildman–Crippen LogP) is 3.26. The highest BCUT2D eigenvalue weighted by molar-refractivity contribution is 7.92. The molecule has 0 saturated carbocycles. The lowest BCUT2D eigenvalue weighted by molar-refractivity contribution is -0.120. The lowest BCUT2D eigenvalue weighted by atomic mass is 9.94. The van der Waals surface area contributed by atoms with Crippen LogP contribution in [0.3, 0.4) is 0 Å². The molecule has 2 aromatic rings. The van der Waals surface area contributed by atoms with Gasteiger partial charge in [0.15, 0.2) is 0 Å². The summed E-state index contributed by atoms with van der Waals surface area (Å²) in [6, 6.07) is 6.37. The van der Waals surface area contributed by atoms with Crippen molar-refractivity contribution in [2.45, 2.75) is 37.3 Å². The normalized spacial score (nSPS) is 16.2. The number of hydrogen-bond acceptors (Lipinski definition) is 9. The lowest BCUT2D eigenvalue weighted by Gasteiger charge is -2.34. The summed E-state index contributed by atoms with van der Waals surface area (Å²) in [6.07, 6.45) is 1.49. The summed E-state index contributed by atoms with van der Waals surface area (Å²) in [5.74, 6) is -0.825. The van der Waals surface area contributed by atoms with Crippen LogP contribution in [0, 0.1) is 24.2 Å². The Morgan fingerprint density at radius 1 is 1.42 bits per heavy atom. The maximum Gasteiger partial charge on any atom is 0.340 e. The zero-order valence-electron chi connectivity index (χ0n) is 18.1. The molecule has 1 saturated heterocycles. The van der Waals surface area contributed by atoms with Crippen LogP contribution in [0.15, 0.2) is 22.4 Å². The molecule has 3 heterocycles. The Bertz CT molecular complexity index is 1210. The van der Waals surface area contributed by atoms with E-state index in [1.807, 2.05) is 4.90 Å². The van der Waals surface area contributed by atoms with Gasteiger partial charge in [0.25, 0.3) is 10.0 Å². The average molecular weight is 511 g/mol. The van der Waals surface area contributed by atoms with Gasteiger partial charge >= 0.3 is 5.97 Å². The highest BCUT2D eigenvalue weighted by Gasteiger charge is 2.28. The number of nitrogens with zero attached hydrogens (tertiary/aromatic N) is 3. The lowest BCUT2D eigenvalue weighted by Crippen LogP contribution is -2.39. The number of nitrogens with one attached hydrogen (secondary N) is 1. The Kier molecular flexibility index (Phi) is 7.94. The van der Waals surface area contributed by atoms with Crippen molar-refractivity contribution in [3.63, 3.8) is 0 Å². The molecule has 1 aliphatic heterocycles. The van der Waals surface area contributed by atoms with E-state index >= 15 is 0 Å². The molecule has 3 rings (SSSR count). The Morgan fingerprint density at radius 2 is 2.18 bits per heavy atom. The molecule has 0 aromatic carbocycles. The SMILES string of the molecule is CCOC(=O)c1cc(C#N)c(N2CCCC(CC(=O)NS(=O)(=O)c3ccc(Cl)s3)C2)nc1C. The summed E-state index contributed by atoms with van der Waals surface area (Å²) in [4.78, 5) is 31.0. The minimum absolute atomic E-state index is 0.0105. The smallest absolute Gasteiger partial charge is 0.340 e. The van der Waals surface area contributed by atoms with E-state index in [4.69, 9.17) is 16.3 Å². The quantitative estimate of drug-likeness (QED) is 0.562. The number of rotatable bonds is 7. The van der Waals surface area contributed by atoms with E-state index in [0.717, 1.165) is 24.2 Å². The number of pyridine rings is 1. The minimum Gasteiger partial charge on any atom is -0.462 e. The first-order valence-corrected chi connectivity index (χ1v) is 13.0. The third-order valence-electron chi connectivity index (χ3n) is 5.16. The van der Waals surface area contributed by atoms with Crippen LogP contribution in [-0.2, 0) is 19.6 Å². The van der Waals surface area contributed by atoms with Gasteiger partial charge in [0.1, 0.15) is 16.1 Å². The van der Waals surface area contributed by atoms with Crippen LogP contribution in [-0.4, -0.2) is 45.0 Å². The molecule has 1 fully saturated rings. The molecule has 1 N–H and O–H groups in total. The topological polar surface area (TPSA) is 129 Å². The molecule has 0 radical (unpaired) electrons. The van der Waals surface area contributed by atoms with Crippen molar-refractivity contribution in [3.05, 3.63) is 39.4 Å². The molecule has 1 unspecified atom stereocenters. The average Bonchev–Trinajstić information content (AvgIpc) is 3.21. The van der Waals surface area contributed by atoms with E-state index in [0.29, 0.717) is 28.9 Å². The Labute approximate surface area is 201 Å². The molecule has 9 nitrogen and oxygen atoms in total. The fourth-order valence-corrected chi connectivity index (χ4v) is 6.18. The number of anilines is 1. The van der Waals surface area contributed by atoms with Gasteiger partial charge in [-0.05, 0) is 50.8 Å². The maximum absolute atomic E-state index is 12.5. The van der Waals surface area contributed by atoms with Crippen molar-refractivity contribution in [1.82, 2.24) is 9.71 Å². The van der Waals surface area contributed by atoms with E-state index in [1.54, 1.807) is 13.8 Å². The Hall–Kier alpha value is -2.68. The third-order valence-corrected chi connectivity index (χ3v) is 8.26. The highest BCUT2D eigenvalue weighted by Crippen LogP contribution is 2.29. The summed E-state index contributed by atoms with van der Waals surface area (Å²) >= 11 is 6.67. The third kappa shape index (κ3) is 6.01. The first kappa shape index (κ1) is 25.0. The molecule has 176 valence electrons. The largest absolute Gasteiger partial charge is 0.462 e. The van der Waals surface area contributed by atoms with Crippen LogP contribution in [0.4, 0.5) is 5.82 Å². The van der Waals surface area contributed by atoms with Crippen LogP contribution < -0.4 is 9.62 Å². The highest BCUT2D eigenvalue weighted by atomic mass is 35.5. The number of ether oxygens (including phenoxy) is 1. The van der Waals surface area contributed by atoms with Crippen LogP contribution in [0.1, 0.15) is 47.8 Å². The van der Waals surface area contributed by atoms with E-state index in [-0.39, 0.29) is 34.3 Å². The molecule has 1 aliphatic rings. The van der Waals surface area contributed by atoms with Gasteiger partial charge < -0.3 is 9.64 Å². The summed E-state index contributed by atoms with van der Waals surface area (Å²) in [6.45, 7) is 4.65. The van der Waals surface area contributed by atoms with Crippen molar-refractivity contribution in [3.8, 4) is 6.07 Å². The second-order valence-electron chi connectivity index (χ2n) is 7.57. The fraction of sp³-hybridized carbons (Fsp3) is 0.429. The number of esters is 1. The molecule has 0 spiro atoms. The van der Waals surface area contributed by atoms with Gasteiger partial charge in [0.2, 0.25) is 5.91 Å². The number of aryl methyl sites for hydroxylation is 1. The number of piperidine rings is 1. The minimum atomic E-state index is -3.97. The first-order valence-electron chi connectivity index (χ1n) is 10.3. The summed E-state index contributed by atoms with van der Waals surface area (Å²) in [5, 5.41) is 9.62. The summed E-state index contributed by atoms with van der Waals surface area (Å²) < 4.78 is 32.1. The second-order valence-corrected chi connectivity index (χ2v) is 11.2. The number of thiophene rings is 1. The molecule has 0 bridgehead atoms. The van der Waals surface area contributed by atoms with Crippen molar-refractivity contribution in [1.29, 1.82) is 5.26 Å². The maximum atomic E-state index is 12.5. The second kappa shape index (κ2) is 10.5. The van der Waals surface area contributed by atoms with Gasteiger partial charge in [0, 0.05) is 19.5 Å². The van der Waals surface area contributed by atoms with E-state index in [2.05, 4.69) is 15.8 Å². The molecule has 12 heteroatoms. The number of hydrogen-bond donors (Lipinski definition) is 1. The summed E-state index contributed by atoms with van der Waals surface area (Å²) in [5.41, 5.74) is 0.929. The first-order chi connectivity index (χ1) is 15.6. The molecule has 1 amide bonds. The molecule has 33 heavy (non-hydrogen) atoms. The van der Waals surface area contributed by atoms with Crippen molar-refractivity contribution in [2.75, 3.05) is 24.6 Å². The molecule has 2 aromatic heterocycles. The van der Waals surface area contributed by atoms with Crippen LogP contribution >= 0.6 is 22.9 Å².